The molecule has 132 valence electrons. The molecule has 1 aliphatic rings. The summed E-state index contributed by atoms with van der Waals surface area (Å²) in [6.45, 7) is 4.43. The zero-order valence-corrected chi connectivity index (χ0v) is 15.3. The molecule has 1 heterocycles. The molecule has 0 atom stereocenters. The zero-order valence-electron chi connectivity index (χ0n) is 14.5. The maximum absolute atomic E-state index is 12.9. The molecule has 2 aromatic rings. The molecular formula is C20H18N2O3S. The topological polar surface area (TPSA) is 58.6 Å². The molecule has 3 rings (SSSR count). The van der Waals surface area contributed by atoms with Gasteiger partial charge in [-0.25, -0.2) is 0 Å². The van der Waals surface area contributed by atoms with Crippen LogP contribution in [0.4, 0.5) is 5.69 Å². The Morgan fingerprint density at radius 1 is 1.08 bits per heavy atom. The summed E-state index contributed by atoms with van der Waals surface area (Å²) in [4.78, 5) is 26.5. The van der Waals surface area contributed by atoms with Crippen molar-refractivity contribution in [3.63, 3.8) is 0 Å². The first-order valence-electron chi connectivity index (χ1n) is 8.20. The number of nitrogens with zero attached hydrogens (tertiary/aromatic N) is 1. The second-order valence-electron chi connectivity index (χ2n) is 5.80. The molecule has 6 heteroatoms. The zero-order chi connectivity index (χ0) is 18.7. The highest BCUT2D eigenvalue weighted by Crippen LogP contribution is 2.24. The van der Waals surface area contributed by atoms with E-state index >= 15 is 0 Å². The molecule has 1 saturated heterocycles. The lowest BCUT2D eigenvalue weighted by atomic mass is 10.1. The summed E-state index contributed by atoms with van der Waals surface area (Å²) in [5, 5.41) is 2.64. The van der Waals surface area contributed by atoms with Crippen LogP contribution in [0.1, 0.15) is 18.1 Å². The first-order valence-corrected chi connectivity index (χ1v) is 8.61. The fraction of sp³-hybridized carbons (Fsp3) is 0.150. The van der Waals surface area contributed by atoms with Crippen molar-refractivity contribution in [2.45, 2.75) is 13.8 Å². The molecule has 2 aromatic carbocycles. The Hall–Kier alpha value is -2.99. The fourth-order valence-electron chi connectivity index (χ4n) is 2.58. The van der Waals surface area contributed by atoms with Crippen molar-refractivity contribution in [1.82, 2.24) is 5.32 Å². The molecule has 1 N–H and O–H groups in total. The van der Waals surface area contributed by atoms with Crippen molar-refractivity contribution in [3.8, 4) is 5.75 Å². The number of ether oxygens (including phenoxy) is 1. The number of thiocarbonyl (C=S) groups is 1. The van der Waals surface area contributed by atoms with Gasteiger partial charge in [-0.15, -0.1) is 0 Å². The molecule has 0 bridgehead atoms. The largest absolute Gasteiger partial charge is 0.494 e. The van der Waals surface area contributed by atoms with Gasteiger partial charge in [0.15, 0.2) is 5.11 Å². The number of aryl methyl sites for hydroxylation is 1. The Bertz CT molecular complexity index is 886. The minimum Gasteiger partial charge on any atom is -0.494 e. The Labute approximate surface area is 157 Å². The molecule has 0 unspecified atom stereocenters. The van der Waals surface area contributed by atoms with E-state index in [1.54, 1.807) is 30.3 Å². The standard InChI is InChI=1S/C20H18N2O3S/c1-3-25-16-10-8-15(9-11-16)22-19(24)17(18(23)21-20(22)26)12-14-6-4-13(2)5-7-14/h4-12H,3H2,1-2H3,(H,21,23,26). The fourth-order valence-corrected chi connectivity index (χ4v) is 2.86. The van der Waals surface area contributed by atoms with Gasteiger partial charge in [-0.3, -0.25) is 19.8 Å². The van der Waals surface area contributed by atoms with Crippen LogP contribution in [0.3, 0.4) is 0 Å². The van der Waals surface area contributed by atoms with E-state index in [0.717, 1.165) is 11.1 Å². The summed E-state index contributed by atoms with van der Waals surface area (Å²) < 4.78 is 5.41. The number of hydrogen-bond donors (Lipinski definition) is 1. The maximum Gasteiger partial charge on any atom is 0.270 e. The normalized spacial score (nSPS) is 16.0. The number of nitrogens with one attached hydrogen (secondary N) is 1. The highest BCUT2D eigenvalue weighted by atomic mass is 32.1. The van der Waals surface area contributed by atoms with Crippen molar-refractivity contribution < 1.29 is 14.3 Å². The van der Waals surface area contributed by atoms with Gasteiger partial charge in [0, 0.05) is 0 Å². The third-order valence-corrected chi connectivity index (χ3v) is 4.18. The van der Waals surface area contributed by atoms with Crippen LogP contribution in [0.2, 0.25) is 0 Å². The van der Waals surface area contributed by atoms with Crippen molar-refractivity contribution in [2.24, 2.45) is 0 Å². The van der Waals surface area contributed by atoms with Gasteiger partial charge >= 0.3 is 0 Å². The van der Waals surface area contributed by atoms with Crippen LogP contribution in [0.15, 0.2) is 54.1 Å². The summed E-state index contributed by atoms with van der Waals surface area (Å²) >= 11 is 5.20. The van der Waals surface area contributed by atoms with E-state index in [2.05, 4.69) is 5.32 Å². The van der Waals surface area contributed by atoms with Gasteiger partial charge in [-0.05, 0) is 62.0 Å². The Balaban J connectivity index is 1.93. The Morgan fingerprint density at radius 3 is 2.35 bits per heavy atom. The van der Waals surface area contributed by atoms with E-state index < -0.39 is 11.8 Å². The van der Waals surface area contributed by atoms with Gasteiger partial charge < -0.3 is 4.74 Å². The first-order chi connectivity index (χ1) is 12.5. The van der Waals surface area contributed by atoms with Gasteiger partial charge in [-0.1, -0.05) is 29.8 Å². The van der Waals surface area contributed by atoms with Gasteiger partial charge in [0.05, 0.1) is 12.3 Å². The smallest absolute Gasteiger partial charge is 0.270 e. The van der Waals surface area contributed by atoms with Crippen LogP contribution in [0, 0.1) is 6.92 Å². The molecule has 0 radical (unpaired) electrons. The van der Waals surface area contributed by atoms with E-state index in [4.69, 9.17) is 17.0 Å². The molecule has 0 saturated carbocycles. The lowest BCUT2D eigenvalue weighted by Crippen LogP contribution is -2.54. The van der Waals surface area contributed by atoms with Crippen molar-refractivity contribution in [1.29, 1.82) is 0 Å². The quantitative estimate of drug-likeness (QED) is 0.513. The molecule has 1 aliphatic heterocycles. The molecular weight excluding hydrogens is 348 g/mol. The van der Waals surface area contributed by atoms with Crippen molar-refractivity contribution in [2.75, 3.05) is 11.5 Å². The summed E-state index contributed by atoms with van der Waals surface area (Å²) in [6.07, 6.45) is 1.57. The number of amides is 2. The Morgan fingerprint density at radius 2 is 1.73 bits per heavy atom. The maximum atomic E-state index is 12.9. The van der Waals surface area contributed by atoms with Gasteiger partial charge in [0.25, 0.3) is 11.8 Å². The number of benzene rings is 2. The van der Waals surface area contributed by atoms with Crippen molar-refractivity contribution in [3.05, 3.63) is 65.2 Å². The average molecular weight is 366 g/mol. The number of carbonyl (C=O) groups excluding carboxylic acids is 2. The predicted molar refractivity (Wildman–Crippen MR) is 105 cm³/mol. The molecule has 0 spiro atoms. The highest BCUT2D eigenvalue weighted by Gasteiger charge is 2.34. The highest BCUT2D eigenvalue weighted by molar-refractivity contribution is 7.80. The molecule has 0 aromatic heterocycles. The summed E-state index contributed by atoms with van der Waals surface area (Å²) in [6, 6.07) is 14.5. The number of hydrogen-bond acceptors (Lipinski definition) is 4. The lowest BCUT2D eigenvalue weighted by molar-refractivity contribution is -0.122. The first kappa shape index (κ1) is 17.8. The van der Waals surface area contributed by atoms with E-state index in [9.17, 15) is 9.59 Å². The van der Waals surface area contributed by atoms with E-state index in [-0.39, 0.29) is 10.7 Å². The van der Waals surface area contributed by atoms with Gasteiger partial charge in [0.2, 0.25) is 0 Å². The van der Waals surface area contributed by atoms with Gasteiger partial charge in [-0.2, -0.15) is 0 Å². The van der Waals surface area contributed by atoms with Crippen LogP contribution in [-0.4, -0.2) is 23.5 Å². The third kappa shape index (κ3) is 3.65. The number of carbonyl (C=O) groups is 2. The minimum atomic E-state index is -0.497. The molecule has 2 amide bonds. The second-order valence-corrected chi connectivity index (χ2v) is 6.18. The molecule has 0 aliphatic carbocycles. The third-order valence-electron chi connectivity index (χ3n) is 3.90. The monoisotopic (exact) mass is 366 g/mol. The van der Waals surface area contributed by atoms with E-state index in [1.807, 2.05) is 38.1 Å². The summed E-state index contributed by atoms with van der Waals surface area (Å²) in [5.74, 6) is -0.252. The van der Waals surface area contributed by atoms with Crippen LogP contribution < -0.4 is 15.0 Å². The van der Waals surface area contributed by atoms with E-state index in [0.29, 0.717) is 18.0 Å². The average Bonchev–Trinajstić information content (AvgIpc) is 2.62. The molecule has 1 fully saturated rings. The minimum absolute atomic E-state index is 0.0383. The van der Waals surface area contributed by atoms with Crippen LogP contribution in [0.5, 0.6) is 5.75 Å². The van der Waals surface area contributed by atoms with Crippen molar-refractivity contribution >= 4 is 40.9 Å². The molecule has 5 nitrogen and oxygen atoms in total. The number of rotatable bonds is 4. The summed E-state index contributed by atoms with van der Waals surface area (Å²) in [5.41, 5.74) is 2.48. The summed E-state index contributed by atoms with van der Waals surface area (Å²) in [7, 11) is 0. The number of anilines is 1. The molecule has 26 heavy (non-hydrogen) atoms. The predicted octanol–water partition coefficient (Wildman–Crippen LogP) is 3.23. The second kappa shape index (κ2) is 7.49. The Kier molecular flexibility index (Phi) is 5.14. The van der Waals surface area contributed by atoms with Crippen LogP contribution in [-0.2, 0) is 9.59 Å². The van der Waals surface area contributed by atoms with E-state index in [1.165, 1.54) is 4.90 Å². The van der Waals surface area contributed by atoms with Crippen LogP contribution in [0.25, 0.3) is 6.08 Å². The van der Waals surface area contributed by atoms with Crippen LogP contribution >= 0.6 is 12.2 Å². The SMILES string of the molecule is CCOc1ccc(N2C(=O)C(=Cc3ccc(C)cc3)C(=O)NC2=S)cc1. The lowest BCUT2D eigenvalue weighted by Gasteiger charge is -2.29. The van der Waals surface area contributed by atoms with Gasteiger partial charge in [0.1, 0.15) is 11.3 Å².